The first-order valence-electron chi connectivity index (χ1n) is 4.64. The van der Waals surface area contributed by atoms with E-state index in [1.165, 1.54) is 11.2 Å². The number of anilines is 1. The summed E-state index contributed by atoms with van der Waals surface area (Å²) in [6.07, 6.45) is 1.31. The van der Waals surface area contributed by atoms with Gasteiger partial charge in [0.05, 0.1) is 6.33 Å². The normalized spacial score (nSPS) is 12.0. The molecule has 0 fully saturated rings. The molecule has 0 saturated carbocycles. The summed E-state index contributed by atoms with van der Waals surface area (Å²) in [7, 11) is 3.35. The number of aromatic nitrogens is 2. The van der Waals surface area contributed by atoms with E-state index in [2.05, 4.69) is 15.3 Å². The summed E-state index contributed by atoms with van der Waals surface area (Å²) >= 11 is 1.89. The Hall–Kier alpha value is -1.12. The van der Waals surface area contributed by atoms with Crippen molar-refractivity contribution in [1.82, 2.24) is 14.9 Å². The minimum absolute atomic E-state index is 0.0714. The Balaban J connectivity index is 2.85. The van der Waals surface area contributed by atoms with Crippen molar-refractivity contribution in [2.24, 2.45) is 0 Å². The van der Waals surface area contributed by atoms with Gasteiger partial charge in [-0.05, 0) is 29.5 Å². The van der Waals surface area contributed by atoms with Crippen LogP contribution in [0.3, 0.4) is 0 Å². The van der Waals surface area contributed by atoms with Crippen molar-refractivity contribution >= 4 is 34.3 Å². The van der Waals surface area contributed by atoms with E-state index in [1.807, 2.05) is 22.6 Å². The number of nitrogens with zero attached hydrogens (tertiary/aromatic N) is 2. The molecule has 6 nitrogen and oxygen atoms in total. The van der Waals surface area contributed by atoms with Crippen molar-refractivity contribution in [3.63, 3.8) is 0 Å². The van der Waals surface area contributed by atoms with Crippen LogP contribution < -0.4 is 10.9 Å². The first-order chi connectivity index (χ1) is 7.43. The van der Waals surface area contributed by atoms with Gasteiger partial charge in [0.15, 0.2) is 0 Å². The van der Waals surface area contributed by atoms with Crippen LogP contribution in [0.15, 0.2) is 11.1 Å². The highest BCUT2D eigenvalue weighted by atomic mass is 127. The third kappa shape index (κ3) is 2.94. The third-order valence-electron chi connectivity index (χ3n) is 1.96. The summed E-state index contributed by atoms with van der Waals surface area (Å²) in [6, 6.07) is -0.419. The molecular formula is C9H13IN4O2. The topological polar surface area (TPSA) is 78.1 Å². The number of rotatable bonds is 3. The van der Waals surface area contributed by atoms with Crippen LogP contribution in [-0.4, -0.2) is 40.9 Å². The van der Waals surface area contributed by atoms with E-state index in [0.29, 0.717) is 9.39 Å². The molecule has 1 heterocycles. The van der Waals surface area contributed by atoms with E-state index >= 15 is 0 Å². The molecule has 0 aliphatic carbocycles. The molecule has 16 heavy (non-hydrogen) atoms. The first-order valence-corrected chi connectivity index (χ1v) is 5.72. The molecule has 0 aromatic carbocycles. The molecule has 0 bridgehead atoms. The van der Waals surface area contributed by atoms with Crippen molar-refractivity contribution < 1.29 is 4.79 Å². The van der Waals surface area contributed by atoms with Crippen molar-refractivity contribution in [1.29, 1.82) is 0 Å². The maximum absolute atomic E-state index is 11.6. The zero-order valence-corrected chi connectivity index (χ0v) is 11.4. The van der Waals surface area contributed by atoms with E-state index in [4.69, 9.17) is 0 Å². The molecule has 1 rings (SSSR count). The Labute approximate surface area is 107 Å². The molecule has 1 unspecified atom stereocenters. The lowest BCUT2D eigenvalue weighted by molar-refractivity contribution is -0.129. The molecule has 1 aromatic heterocycles. The zero-order chi connectivity index (χ0) is 12.3. The van der Waals surface area contributed by atoms with Gasteiger partial charge >= 0.3 is 0 Å². The molecule has 1 atom stereocenters. The SMILES string of the molecule is CC(Nc1nc[nH]c(=O)c1I)C(=O)N(C)C. The fourth-order valence-corrected chi connectivity index (χ4v) is 1.59. The molecule has 0 radical (unpaired) electrons. The Kier molecular flexibility index (Phi) is 4.27. The highest BCUT2D eigenvalue weighted by Gasteiger charge is 2.16. The lowest BCUT2D eigenvalue weighted by Crippen LogP contribution is -2.37. The molecule has 0 aliphatic heterocycles. The number of carbonyl (C=O) groups excluding carboxylic acids is 1. The first kappa shape index (κ1) is 12.9. The van der Waals surface area contributed by atoms with E-state index in [0.717, 1.165) is 0 Å². The van der Waals surface area contributed by atoms with Gasteiger partial charge in [0.2, 0.25) is 5.91 Å². The fraction of sp³-hybridized carbons (Fsp3) is 0.444. The van der Waals surface area contributed by atoms with Crippen LogP contribution >= 0.6 is 22.6 Å². The molecule has 0 spiro atoms. The number of hydrogen-bond acceptors (Lipinski definition) is 4. The summed E-state index contributed by atoms with van der Waals surface area (Å²) in [5.74, 6) is 0.352. The van der Waals surface area contributed by atoms with Crippen LogP contribution in [0.5, 0.6) is 0 Å². The van der Waals surface area contributed by atoms with Crippen LogP contribution in [-0.2, 0) is 4.79 Å². The third-order valence-corrected chi connectivity index (χ3v) is 2.96. The summed E-state index contributed by atoms with van der Waals surface area (Å²) in [6.45, 7) is 1.72. The second-order valence-corrected chi connectivity index (χ2v) is 4.57. The van der Waals surface area contributed by atoms with Gasteiger partial charge in [-0.15, -0.1) is 0 Å². The number of halogens is 1. The van der Waals surface area contributed by atoms with Gasteiger partial charge in [-0.25, -0.2) is 4.98 Å². The number of H-pyrrole nitrogens is 1. The van der Waals surface area contributed by atoms with Crippen LogP contribution in [0.2, 0.25) is 0 Å². The average Bonchev–Trinajstić information content (AvgIpc) is 2.23. The number of aromatic amines is 1. The highest BCUT2D eigenvalue weighted by molar-refractivity contribution is 14.1. The standard InChI is InChI=1S/C9H13IN4O2/c1-5(9(16)14(2)3)13-7-6(10)8(15)12-4-11-7/h4-5H,1-3H3,(H2,11,12,13,15). The van der Waals surface area contributed by atoms with Crippen molar-refractivity contribution in [3.05, 3.63) is 20.3 Å². The van der Waals surface area contributed by atoms with Crippen LogP contribution in [0.4, 0.5) is 5.82 Å². The highest BCUT2D eigenvalue weighted by Crippen LogP contribution is 2.10. The molecule has 1 amide bonds. The van der Waals surface area contributed by atoms with Gasteiger partial charge < -0.3 is 15.2 Å². The molecule has 2 N–H and O–H groups in total. The van der Waals surface area contributed by atoms with Gasteiger partial charge in [-0.3, -0.25) is 9.59 Å². The van der Waals surface area contributed by atoms with Crippen molar-refractivity contribution in [3.8, 4) is 0 Å². The van der Waals surface area contributed by atoms with Crippen molar-refractivity contribution in [2.45, 2.75) is 13.0 Å². The zero-order valence-electron chi connectivity index (χ0n) is 9.24. The van der Waals surface area contributed by atoms with E-state index < -0.39 is 6.04 Å². The maximum atomic E-state index is 11.6. The largest absolute Gasteiger partial charge is 0.358 e. The number of carbonyl (C=O) groups is 1. The van der Waals surface area contributed by atoms with E-state index in [9.17, 15) is 9.59 Å². The smallest absolute Gasteiger partial charge is 0.266 e. The Morgan fingerprint density at radius 3 is 2.81 bits per heavy atom. The minimum Gasteiger partial charge on any atom is -0.358 e. The van der Waals surface area contributed by atoms with Crippen LogP contribution in [0, 0.1) is 3.57 Å². The number of likely N-dealkylation sites (N-methyl/N-ethyl adjacent to an activating group) is 1. The molecule has 0 saturated heterocycles. The van der Waals surface area contributed by atoms with Crippen LogP contribution in [0.25, 0.3) is 0 Å². The minimum atomic E-state index is -0.419. The van der Waals surface area contributed by atoms with Gasteiger partial charge in [0.25, 0.3) is 5.56 Å². The summed E-state index contributed by atoms with van der Waals surface area (Å²) in [5.41, 5.74) is -0.220. The second-order valence-electron chi connectivity index (χ2n) is 3.49. The van der Waals surface area contributed by atoms with E-state index in [-0.39, 0.29) is 11.5 Å². The van der Waals surface area contributed by atoms with Gasteiger partial charge in [-0.2, -0.15) is 0 Å². The molecule has 7 heteroatoms. The van der Waals surface area contributed by atoms with Gasteiger partial charge in [0, 0.05) is 14.1 Å². The molecular weight excluding hydrogens is 323 g/mol. The average molecular weight is 336 g/mol. The predicted molar refractivity (Wildman–Crippen MR) is 69.4 cm³/mol. The number of nitrogens with one attached hydrogen (secondary N) is 2. The monoisotopic (exact) mass is 336 g/mol. The lowest BCUT2D eigenvalue weighted by Gasteiger charge is -2.18. The predicted octanol–water partition coefficient (Wildman–Crippen LogP) is 0.263. The summed E-state index contributed by atoms with van der Waals surface area (Å²) in [4.78, 5) is 30.8. The summed E-state index contributed by atoms with van der Waals surface area (Å²) < 4.78 is 0.443. The number of hydrogen-bond donors (Lipinski definition) is 2. The number of amides is 1. The molecule has 88 valence electrons. The maximum Gasteiger partial charge on any atom is 0.266 e. The van der Waals surface area contributed by atoms with Crippen molar-refractivity contribution in [2.75, 3.05) is 19.4 Å². The second kappa shape index (κ2) is 5.28. The summed E-state index contributed by atoms with van der Waals surface area (Å²) in [5, 5.41) is 2.90. The molecule has 1 aromatic rings. The van der Waals surface area contributed by atoms with Gasteiger partial charge in [-0.1, -0.05) is 0 Å². The Bertz CT molecular complexity index is 443. The van der Waals surface area contributed by atoms with E-state index in [1.54, 1.807) is 21.0 Å². The Morgan fingerprint density at radius 2 is 2.25 bits per heavy atom. The van der Waals surface area contributed by atoms with Crippen LogP contribution in [0.1, 0.15) is 6.92 Å². The Morgan fingerprint density at radius 1 is 1.62 bits per heavy atom. The lowest BCUT2D eigenvalue weighted by atomic mass is 10.3. The fourth-order valence-electron chi connectivity index (χ4n) is 1.14. The quantitative estimate of drug-likeness (QED) is 0.777. The van der Waals surface area contributed by atoms with Gasteiger partial charge in [0.1, 0.15) is 15.4 Å². The molecule has 0 aliphatic rings.